The van der Waals surface area contributed by atoms with Gasteiger partial charge in [0.15, 0.2) is 0 Å². The van der Waals surface area contributed by atoms with E-state index in [-0.39, 0.29) is 24.2 Å². The Morgan fingerprint density at radius 1 is 0.935 bits per heavy atom. The Kier molecular flexibility index (Phi) is 7.35. The minimum absolute atomic E-state index is 0.0202. The van der Waals surface area contributed by atoms with E-state index in [9.17, 15) is 14.0 Å². The van der Waals surface area contributed by atoms with Crippen molar-refractivity contribution in [1.82, 2.24) is 4.90 Å². The third-order valence-corrected chi connectivity index (χ3v) is 4.66. The Labute approximate surface area is 180 Å². The van der Waals surface area contributed by atoms with Crippen molar-refractivity contribution in [2.45, 2.75) is 6.04 Å². The number of halogens is 1. The zero-order valence-electron chi connectivity index (χ0n) is 17.3. The van der Waals surface area contributed by atoms with Gasteiger partial charge in [0.2, 0.25) is 11.8 Å². The topological polar surface area (TPSA) is 70.7 Å². The van der Waals surface area contributed by atoms with Gasteiger partial charge in [0.25, 0.3) is 0 Å². The smallest absolute Gasteiger partial charge is 0.246 e. The third kappa shape index (κ3) is 6.13. The summed E-state index contributed by atoms with van der Waals surface area (Å²) in [7, 11) is 3.26. The van der Waals surface area contributed by atoms with Crippen LogP contribution in [0.4, 0.5) is 15.8 Å². The van der Waals surface area contributed by atoms with Gasteiger partial charge in [-0.2, -0.15) is 0 Å². The predicted octanol–water partition coefficient (Wildman–Crippen LogP) is 4.08. The minimum atomic E-state index is -0.720. The average molecular weight is 421 g/mol. The maximum Gasteiger partial charge on any atom is 0.246 e. The number of methoxy groups -OCH3 is 1. The van der Waals surface area contributed by atoms with Crippen molar-refractivity contribution in [3.63, 3.8) is 0 Å². The van der Waals surface area contributed by atoms with Gasteiger partial charge < -0.3 is 15.4 Å². The fourth-order valence-electron chi connectivity index (χ4n) is 3.20. The zero-order valence-corrected chi connectivity index (χ0v) is 17.3. The van der Waals surface area contributed by atoms with Gasteiger partial charge in [0.05, 0.1) is 13.7 Å². The second-order valence-electron chi connectivity index (χ2n) is 7.00. The number of likely N-dealkylation sites (N-methyl/N-ethyl adjacent to an activating group) is 1. The molecule has 2 N–H and O–H groups in total. The van der Waals surface area contributed by atoms with E-state index < -0.39 is 6.04 Å². The SMILES string of the molecule is COc1cccc(NC(=O)CN(C)[C@@H](C(=O)Nc2ccc(F)cc2)c2ccccc2)c1. The monoisotopic (exact) mass is 421 g/mol. The van der Waals surface area contributed by atoms with Crippen LogP contribution in [0, 0.1) is 5.82 Å². The summed E-state index contributed by atoms with van der Waals surface area (Å²) in [5, 5.41) is 5.61. The van der Waals surface area contributed by atoms with Gasteiger partial charge in [0.1, 0.15) is 17.6 Å². The second-order valence-corrected chi connectivity index (χ2v) is 7.00. The van der Waals surface area contributed by atoms with Crippen LogP contribution in [0.1, 0.15) is 11.6 Å². The lowest BCUT2D eigenvalue weighted by Crippen LogP contribution is -2.39. The first-order valence-corrected chi connectivity index (χ1v) is 9.72. The Morgan fingerprint density at radius 3 is 2.32 bits per heavy atom. The van der Waals surface area contributed by atoms with Crippen LogP contribution < -0.4 is 15.4 Å². The molecule has 0 aliphatic heterocycles. The zero-order chi connectivity index (χ0) is 22.2. The lowest BCUT2D eigenvalue weighted by Gasteiger charge is -2.27. The van der Waals surface area contributed by atoms with E-state index in [1.54, 1.807) is 43.3 Å². The molecule has 6 nitrogen and oxygen atoms in total. The number of benzene rings is 3. The van der Waals surface area contributed by atoms with Crippen molar-refractivity contribution in [3.8, 4) is 5.75 Å². The van der Waals surface area contributed by atoms with E-state index in [0.29, 0.717) is 17.1 Å². The van der Waals surface area contributed by atoms with E-state index in [0.717, 1.165) is 5.56 Å². The van der Waals surface area contributed by atoms with Crippen molar-refractivity contribution >= 4 is 23.2 Å². The molecule has 0 unspecified atom stereocenters. The highest BCUT2D eigenvalue weighted by molar-refractivity contribution is 5.97. The fraction of sp³-hybridized carbons (Fsp3) is 0.167. The number of hydrogen-bond acceptors (Lipinski definition) is 4. The molecule has 0 heterocycles. The number of anilines is 2. The first-order valence-electron chi connectivity index (χ1n) is 9.72. The Balaban J connectivity index is 1.74. The van der Waals surface area contributed by atoms with Crippen molar-refractivity contribution in [1.29, 1.82) is 0 Å². The molecule has 3 aromatic carbocycles. The van der Waals surface area contributed by atoms with E-state index >= 15 is 0 Å². The molecule has 0 bridgehead atoms. The molecule has 7 heteroatoms. The highest BCUT2D eigenvalue weighted by atomic mass is 19.1. The highest BCUT2D eigenvalue weighted by Crippen LogP contribution is 2.22. The van der Waals surface area contributed by atoms with Crippen LogP contribution in [-0.2, 0) is 9.59 Å². The summed E-state index contributed by atoms with van der Waals surface area (Å²) in [4.78, 5) is 27.3. The number of carbonyl (C=O) groups excluding carboxylic acids is 2. The van der Waals surface area contributed by atoms with E-state index in [4.69, 9.17) is 4.74 Å². The molecule has 160 valence electrons. The molecule has 0 aliphatic rings. The van der Waals surface area contributed by atoms with Gasteiger partial charge in [-0.1, -0.05) is 36.4 Å². The van der Waals surface area contributed by atoms with Crippen molar-refractivity contribution in [2.24, 2.45) is 0 Å². The summed E-state index contributed by atoms with van der Waals surface area (Å²) in [5.74, 6) is -0.350. The van der Waals surface area contributed by atoms with Gasteiger partial charge in [0, 0.05) is 17.4 Å². The number of nitrogens with zero attached hydrogens (tertiary/aromatic N) is 1. The number of hydrogen-bond donors (Lipinski definition) is 2. The molecule has 3 rings (SSSR count). The molecule has 1 atom stereocenters. The maximum atomic E-state index is 13.2. The normalized spacial score (nSPS) is 11.6. The van der Waals surface area contributed by atoms with Crippen molar-refractivity contribution < 1.29 is 18.7 Å². The predicted molar refractivity (Wildman–Crippen MR) is 118 cm³/mol. The lowest BCUT2D eigenvalue weighted by atomic mass is 10.0. The summed E-state index contributed by atoms with van der Waals surface area (Å²) in [6.07, 6.45) is 0. The molecule has 0 fully saturated rings. The number of rotatable bonds is 8. The maximum absolute atomic E-state index is 13.2. The molecule has 2 amide bonds. The standard InChI is InChI=1S/C24H24FN3O3/c1-28(16-22(29)26-20-9-6-10-21(15-20)31-2)23(17-7-4-3-5-8-17)24(30)27-19-13-11-18(25)12-14-19/h3-15,23H,16H2,1-2H3,(H,26,29)(H,27,30)/t23-/m1/s1. The molecule has 0 saturated heterocycles. The molecule has 0 aromatic heterocycles. The van der Waals surface area contributed by atoms with Crippen LogP contribution in [0.2, 0.25) is 0 Å². The van der Waals surface area contributed by atoms with Crippen LogP contribution in [0.5, 0.6) is 5.75 Å². The molecule has 0 aliphatic carbocycles. The van der Waals surface area contributed by atoms with Crippen LogP contribution >= 0.6 is 0 Å². The van der Waals surface area contributed by atoms with Crippen LogP contribution in [0.3, 0.4) is 0 Å². The summed E-state index contributed by atoms with van der Waals surface area (Å²) >= 11 is 0. The molecular weight excluding hydrogens is 397 g/mol. The Hall–Kier alpha value is -3.71. The summed E-state index contributed by atoms with van der Waals surface area (Å²) in [6.45, 7) is -0.0202. The summed E-state index contributed by atoms with van der Waals surface area (Å²) in [5.41, 5.74) is 1.81. The van der Waals surface area contributed by atoms with Gasteiger partial charge in [-0.05, 0) is 49.0 Å². The quantitative estimate of drug-likeness (QED) is 0.575. The first kappa shape index (κ1) is 22.0. The van der Waals surface area contributed by atoms with Crippen molar-refractivity contribution in [2.75, 3.05) is 31.3 Å². The first-order chi connectivity index (χ1) is 15.0. The van der Waals surface area contributed by atoms with E-state index in [1.165, 1.54) is 24.3 Å². The lowest BCUT2D eigenvalue weighted by molar-refractivity contribution is -0.123. The molecule has 0 radical (unpaired) electrons. The van der Waals surface area contributed by atoms with Crippen LogP contribution in [0.15, 0.2) is 78.9 Å². The largest absolute Gasteiger partial charge is 0.497 e. The average Bonchev–Trinajstić information content (AvgIpc) is 2.76. The van der Waals surface area contributed by atoms with Gasteiger partial charge in [-0.3, -0.25) is 14.5 Å². The van der Waals surface area contributed by atoms with E-state index in [1.807, 2.05) is 30.3 Å². The number of ether oxygens (including phenoxy) is 1. The molecule has 31 heavy (non-hydrogen) atoms. The highest BCUT2D eigenvalue weighted by Gasteiger charge is 2.26. The number of amides is 2. The third-order valence-electron chi connectivity index (χ3n) is 4.66. The fourth-order valence-corrected chi connectivity index (χ4v) is 3.20. The Bertz CT molecular complexity index is 1030. The molecule has 0 spiro atoms. The van der Waals surface area contributed by atoms with Crippen LogP contribution in [-0.4, -0.2) is 37.4 Å². The van der Waals surface area contributed by atoms with Crippen molar-refractivity contribution in [3.05, 3.63) is 90.2 Å². The minimum Gasteiger partial charge on any atom is -0.497 e. The molecule has 0 saturated carbocycles. The summed E-state index contributed by atoms with van der Waals surface area (Å²) < 4.78 is 18.3. The van der Waals surface area contributed by atoms with Gasteiger partial charge >= 0.3 is 0 Å². The number of carbonyl (C=O) groups is 2. The van der Waals surface area contributed by atoms with Gasteiger partial charge in [-0.15, -0.1) is 0 Å². The molecule has 3 aromatic rings. The Morgan fingerprint density at radius 2 is 1.65 bits per heavy atom. The van der Waals surface area contributed by atoms with E-state index in [2.05, 4.69) is 10.6 Å². The van der Waals surface area contributed by atoms with Crippen LogP contribution in [0.25, 0.3) is 0 Å². The summed E-state index contributed by atoms with van der Waals surface area (Å²) in [6, 6.07) is 21.0. The molecular formula is C24H24FN3O3. The number of nitrogens with one attached hydrogen (secondary N) is 2. The van der Waals surface area contributed by atoms with Gasteiger partial charge in [-0.25, -0.2) is 4.39 Å². The second kappa shape index (κ2) is 10.4.